The Morgan fingerprint density at radius 2 is 2.14 bits per heavy atom. The number of carbonyl (C=O) groups is 2. The van der Waals surface area contributed by atoms with Crippen LogP contribution in [0.4, 0.5) is 0 Å². The van der Waals surface area contributed by atoms with Crippen LogP contribution in [-0.4, -0.2) is 38.0 Å². The van der Waals surface area contributed by atoms with Gasteiger partial charge in [-0.3, -0.25) is 9.59 Å². The van der Waals surface area contributed by atoms with E-state index in [4.69, 9.17) is 9.47 Å². The Morgan fingerprint density at radius 1 is 1.43 bits per heavy atom. The van der Waals surface area contributed by atoms with Gasteiger partial charge in [0.2, 0.25) is 0 Å². The van der Waals surface area contributed by atoms with E-state index in [2.05, 4.69) is 0 Å². The van der Waals surface area contributed by atoms with E-state index in [1.54, 1.807) is 7.11 Å². The van der Waals surface area contributed by atoms with Gasteiger partial charge in [0.1, 0.15) is 11.9 Å². The molecule has 0 bridgehead atoms. The molecule has 0 amide bonds. The molecule has 80 valence electrons. The third-order valence-electron chi connectivity index (χ3n) is 2.33. The van der Waals surface area contributed by atoms with Gasteiger partial charge in [-0.1, -0.05) is 0 Å². The maximum Gasteiger partial charge on any atom is 0.169 e. The minimum atomic E-state index is -0.447. The number of ether oxygens (including phenoxy) is 2. The molecule has 2 atom stereocenters. The van der Waals surface area contributed by atoms with Crippen LogP contribution in [0, 0.1) is 5.92 Å². The highest BCUT2D eigenvalue weighted by atomic mass is 16.5. The van der Waals surface area contributed by atoms with Crippen molar-refractivity contribution in [3.05, 3.63) is 0 Å². The first-order valence-corrected chi connectivity index (χ1v) is 4.84. The second kappa shape index (κ2) is 5.22. The lowest BCUT2D eigenvalue weighted by Crippen LogP contribution is -2.41. The topological polar surface area (TPSA) is 52.6 Å². The lowest BCUT2D eigenvalue weighted by molar-refractivity contribution is -0.145. The Bertz CT molecular complexity index is 224. The number of hydrogen-bond donors (Lipinski definition) is 0. The SMILES string of the molecule is CCOC1C(=O)CC(=O)CC1COC. The zero-order chi connectivity index (χ0) is 10.6. The number of rotatable bonds is 4. The molecule has 14 heavy (non-hydrogen) atoms. The summed E-state index contributed by atoms with van der Waals surface area (Å²) in [5, 5.41) is 0. The zero-order valence-corrected chi connectivity index (χ0v) is 8.62. The molecule has 2 unspecified atom stereocenters. The fraction of sp³-hybridized carbons (Fsp3) is 0.800. The lowest BCUT2D eigenvalue weighted by Gasteiger charge is -2.28. The number of methoxy groups -OCH3 is 1. The molecule has 0 spiro atoms. The van der Waals surface area contributed by atoms with Crippen molar-refractivity contribution in [1.29, 1.82) is 0 Å². The van der Waals surface area contributed by atoms with E-state index in [1.807, 2.05) is 6.92 Å². The first kappa shape index (κ1) is 11.3. The fourth-order valence-corrected chi connectivity index (χ4v) is 1.80. The summed E-state index contributed by atoms with van der Waals surface area (Å²) in [7, 11) is 1.56. The smallest absolute Gasteiger partial charge is 0.169 e. The van der Waals surface area contributed by atoms with E-state index >= 15 is 0 Å². The standard InChI is InChI=1S/C10H16O4/c1-3-14-10-7(6-13-2)4-8(11)5-9(10)12/h7,10H,3-6H2,1-2H3. The van der Waals surface area contributed by atoms with Gasteiger partial charge < -0.3 is 9.47 Å². The predicted molar refractivity (Wildman–Crippen MR) is 50.0 cm³/mol. The molecule has 1 aliphatic rings. The molecule has 1 fully saturated rings. The maximum atomic E-state index is 11.5. The third-order valence-corrected chi connectivity index (χ3v) is 2.33. The van der Waals surface area contributed by atoms with Crippen molar-refractivity contribution in [2.75, 3.05) is 20.3 Å². The second-order valence-electron chi connectivity index (χ2n) is 3.48. The molecular weight excluding hydrogens is 184 g/mol. The van der Waals surface area contributed by atoms with Crippen molar-refractivity contribution in [2.45, 2.75) is 25.9 Å². The van der Waals surface area contributed by atoms with Crippen molar-refractivity contribution in [3.63, 3.8) is 0 Å². The largest absolute Gasteiger partial charge is 0.384 e. The third kappa shape index (κ3) is 2.62. The molecule has 0 aromatic rings. The summed E-state index contributed by atoms with van der Waals surface area (Å²) in [6.07, 6.45) is -0.0348. The zero-order valence-electron chi connectivity index (χ0n) is 8.62. The van der Waals surface area contributed by atoms with Gasteiger partial charge in [0.25, 0.3) is 0 Å². The lowest BCUT2D eigenvalue weighted by atomic mass is 9.85. The van der Waals surface area contributed by atoms with E-state index in [9.17, 15) is 9.59 Å². The van der Waals surface area contributed by atoms with Crippen LogP contribution in [-0.2, 0) is 19.1 Å². The van der Waals surface area contributed by atoms with Crippen LogP contribution in [0.2, 0.25) is 0 Å². The molecule has 0 N–H and O–H groups in total. The number of carbonyl (C=O) groups excluding carboxylic acids is 2. The highest BCUT2D eigenvalue weighted by Crippen LogP contribution is 2.22. The number of hydrogen-bond acceptors (Lipinski definition) is 4. The van der Waals surface area contributed by atoms with Crippen molar-refractivity contribution in [3.8, 4) is 0 Å². The van der Waals surface area contributed by atoms with E-state index < -0.39 is 6.10 Å². The van der Waals surface area contributed by atoms with E-state index in [0.29, 0.717) is 19.6 Å². The van der Waals surface area contributed by atoms with E-state index in [1.165, 1.54) is 0 Å². The van der Waals surface area contributed by atoms with Crippen LogP contribution in [0.15, 0.2) is 0 Å². The summed E-state index contributed by atoms with van der Waals surface area (Å²) in [5.74, 6) is -0.216. The molecule has 1 aliphatic carbocycles. The monoisotopic (exact) mass is 200 g/mol. The molecule has 0 aromatic heterocycles. The molecular formula is C10H16O4. The van der Waals surface area contributed by atoms with Crippen LogP contribution >= 0.6 is 0 Å². The average molecular weight is 200 g/mol. The molecule has 4 nitrogen and oxygen atoms in total. The molecule has 0 aromatic carbocycles. The van der Waals surface area contributed by atoms with Gasteiger partial charge in [0.15, 0.2) is 5.78 Å². The molecule has 0 heterocycles. The molecule has 0 aliphatic heterocycles. The highest BCUT2D eigenvalue weighted by molar-refractivity contribution is 6.03. The highest BCUT2D eigenvalue weighted by Gasteiger charge is 2.36. The molecule has 1 saturated carbocycles. The van der Waals surface area contributed by atoms with Crippen molar-refractivity contribution in [1.82, 2.24) is 0 Å². The normalized spacial score (nSPS) is 28.1. The fourth-order valence-electron chi connectivity index (χ4n) is 1.80. The predicted octanol–water partition coefficient (Wildman–Crippen LogP) is 0.586. The van der Waals surface area contributed by atoms with Gasteiger partial charge in [-0.2, -0.15) is 0 Å². The first-order chi connectivity index (χ1) is 6.69. The number of Topliss-reactive ketones (excluding diaryl/α,β-unsaturated/α-hetero) is 2. The van der Waals surface area contributed by atoms with Crippen LogP contribution in [0.25, 0.3) is 0 Å². The Kier molecular flexibility index (Phi) is 4.22. The summed E-state index contributed by atoms with van der Waals surface area (Å²) < 4.78 is 10.3. The van der Waals surface area contributed by atoms with Crippen molar-refractivity contribution >= 4 is 11.6 Å². The molecule has 4 heteroatoms. The molecule has 1 rings (SSSR count). The Morgan fingerprint density at radius 3 is 2.71 bits per heavy atom. The molecule has 0 radical (unpaired) electrons. The van der Waals surface area contributed by atoms with Crippen molar-refractivity contribution in [2.24, 2.45) is 5.92 Å². The van der Waals surface area contributed by atoms with Crippen LogP contribution in [0.5, 0.6) is 0 Å². The first-order valence-electron chi connectivity index (χ1n) is 4.84. The average Bonchev–Trinajstić information content (AvgIpc) is 2.11. The van der Waals surface area contributed by atoms with Gasteiger partial charge in [0, 0.05) is 26.1 Å². The van der Waals surface area contributed by atoms with Crippen LogP contribution in [0.3, 0.4) is 0 Å². The Hall–Kier alpha value is -0.740. The van der Waals surface area contributed by atoms with Gasteiger partial charge in [-0.05, 0) is 6.92 Å². The Labute approximate surface area is 83.6 Å². The summed E-state index contributed by atoms with van der Waals surface area (Å²) in [4.78, 5) is 22.7. The summed E-state index contributed by atoms with van der Waals surface area (Å²) in [5.41, 5.74) is 0. The summed E-state index contributed by atoms with van der Waals surface area (Å²) in [6, 6.07) is 0. The van der Waals surface area contributed by atoms with Crippen molar-refractivity contribution < 1.29 is 19.1 Å². The summed E-state index contributed by atoms with van der Waals surface area (Å²) >= 11 is 0. The summed E-state index contributed by atoms with van der Waals surface area (Å²) in [6.45, 7) is 2.74. The van der Waals surface area contributed by atoms with Crippen LogP contribution < -0.4 is 0 Å². The van der Waals surface area contributed by atoms with Crippen LogP contribution in [0.1, 0.15) is 19.8 Å². The minimum Gasteiger partial charge on any atom is -0.384 e. The van der Waals surface area contributed by atoms with E-state index in [-0.39, 0.29) is 23.9 Å². The molecule has 0 saturated heterocycles. The quantitative estimate of drug-likeness (QED) is 0.623. The van der Waals surface area contributed by atoms with Gasteiger partial charge in [-0.15, -0.1) is 0 Å². The van der Waals surface area contributed by atoms with Gasteiger partial charge >= 0.3 is 0 Å². The Balaban J connectivity index is 2.64. The second-order valence-corrected chi connectivity index (χ2v) is 3.48. The van der Waals surface area contributed by atoms with Gasteiger partial charge in [-0.25, -0.2) is 0 Å². The van der Waals surface area contributed by atoms with E-state index in [0.717, 1.165) is 0 Å². The number of ketones is 2. The van der Waals surface area contributed by atoms with Gasteiger partial charge in [0.05, 0.1) is 13.0 Å². The maximum absolute atomic E-state index is 11.5. The minimum absolute atomic E-state index is 0.00648.